The second-order valence-corrected chi connectivity index (χ2v) is 13.0. The Morgan fingerprint density at radius 3 is 2.50 bits per heavy atom. The molecule has 1 fully saturated rings. The average molecular weight is 352 g/mol. The lowest BCUT2D eigenvalue weighted by Crippen LogP contribution is -2.48. The molecule has 0 amide bonds. The number of carboxylic acid groups (broad SMARTS) is 1. The molecule has 1 heterocycles. The first-order chi connectivity index (χ1) is 11.0. The lowest BCUT2D eigenvalue weighted by atomic mass is 9.92. The largest absolute Gasteiger partial charge is 0.477 e. The molecule has 5 nitrogen and oxygen atoms in total. The zero-order chi connectivity index (χ0) is 18.1. The van der Waals surface area contributed by atoms with Crippen LogP contribution in [0.5, 0.6) is 0 Å². The summed E-state index contributed by atoms with van der Waals surface area (Å²) in [7, 11) is -1.95. The number of pyridine rings is 1. The van der Waals surface area contributed by atoms with Crippen molar-refractivity contribution in [2.45, 2.75) is 76.7 Å². The number of carbonyl (C=O) groups is 1. The van der Waals surface area contributed by atoms with Gasteiger partial charge in [0.1, 0.15) is 5.56 Å². The highest BCUT2D eigenvalue weighted by Crippen LogP contribution is 2.41. The molecule has 0 bridgehead atoms. The fourth-order valence-electron chi connectivity index (χ4n) is 3.02. The van der Waals surface area contributed by atoms with Crippen molar-refractivity contribution in [3.05, 3.63) is 34.2 Å². The van der Waals surface area contributed by atoms with Gasteiger partial charge in [0, 0.05) is 6.20 Å². The van der Waals surface area contributed by atoms with Crippen LogP contribution in [0, 0.1) is 0 Å². The summed E-state index contributed by atoms with van der Waals surface area (Å²) in [4.78, 5) is 23.8. The summed E-state index contributed by atoms with van der Waals surface area (Å²) < 4.78 is 8.18. The van der Waals surface area contributed by atoms with E-state index in [4.69, 9.17) is 4.43 Å². The molecule has 134 valence electrons. The molecule has 1 N–H and O–H groups in total. The van der Waals surface area contributed by atoms with Crippen LogP contribution < -0.4 is 5.56 Å². The molecule has 0 spiro atoms. The van der Waals surface area contributed by atoms with E-state index >= 15 is 0 Å². The highest BCUT2D eigenvalue weighted by atomic mass is 28.4. The topological polar surface area (TPSA) is 68.5 Å². The fourth-order valence-corrected chi connectivity index (χ4v) is 4.41. The Balaban J connectivity index is 2.36. The van der Waals surface area contributed by atoms with Gasteiger partial charge in [-0.3, -0.25) is 4.79 Å². The zero-order valence-corrected chi connectivity index (χ0v) is 16.3. The van der Waals surface area contributed by atoms with E-state index in [1.165, 1.54) is 6.07 Å². The van der Waals surface area contributed by atoms with Gasteiger partial charge < -0.3 is 14.1 Å². The molecule has 2 unspecified atom stereocenters. The van der Waals surface area contributed by atoms with Gasteiger partial charge in [-0.15, -0.1) is 0 Å². The van der Waals surface area contributed by atoms with Gasteiger partial charge in [-0.25, -0.2) is 4.79 Å². The molecule has 2 rings (SSSR count). The summed E-state index contributed by atoms with van der Waals surface area (Å²) in [6.45, 7) is 11.0. The maximum absolute atomic E-state index is 12.6. The molecule has 6 heteroatoms. The SMILES string of the molecule is CC(C)(C)[Si](C)(C)OC1CCCCC1n1cccc(C(=O)O)c1=O. The first-order valence-corrected chi connectivity index (χ1v) is 11.6. The normalized spacial score (nSPS) is 22.4. The van der Waals surface area contributed by atoms with Gasteiger partial charge in [0.2, 0.25) is 0 Å². The van der Waals surface area contributed by atoms with Crippen LogP contribution in [0.1, 0.15) is 62.9 Å². The highest BCUT2D eigenvalue weighted by molar-refractivity contribution is 6.74. The molecule has 1 aromatic heterocycles. The van der Waals surface area contributed by atoms with E-state index < -0.39 is 19.8 Å². The van der Waals surface area contributed by atoms with Crippen molar-refractivity contribution in [2.75, 3.05) is 0 Å². The monoisotopic (exact) mass is 351 g/mol. The van der Waals surface area contributed by atoms with Crippen LogP contribution in [0.3, 0.4) is 0 Å². The van der Waals surface area contributed by atoms with Gasteiger partial charge in [-0.1, -0.05) is 33.6 Å². The number of rotatable bonds is 4. The second-order valence-electron chi connectivity index (χ2n) is 8.21. The maximum atomic E-state index is 12.6. The quantitative estimate of drug-likeness (QED) is 0.831. The Kier molecular flexibility index (Phi) is 5.40. The van der Waals surface area contributed by atoms with Crippen LogP contribution in [0.4, 0.5) is 0 Å². The Bertz CT molecular complexity index is 660. The number of carboxylic acids is 1. The van der Waals surface area contributed by atoms with Crippen molar-refractivity contribution in [2.24, 2.45) is 0 Å². The maximum Gasteiger partial charge on any atom is 0.341 e. The first-order valence-electron chi connectivity index (χ1n) is 8.67. The van der Waals surface area contributed by atoms with E-state index in [0.29, 0.717) is 0 Å². The van der Waals surface area contributed by atoms with Crippen LogP contribution in [0.2, 0.25) is 18.1 Å². The van der Waals surface area contributed by atoms with Crippen LogP contribution in [0.25, 0.3) is 0 Å². The van der Waals surface area contributed by atoms with Crippen molar-refractivity contribution >= 4 is 14.3 Å². The Morgan fingerprint density at radius 2 is 1.92 bits per heavy atom. The molecule has 0 saturated heterocycles. The van der Waals surface area contributed by atoms with E-state index in [1.807, 2.05) is 0 Å². The van der Waals surface area contributed by atoms with E-state index in [2.05, 4.69) is 33.9 Å². The lowest BCUT2D eigenvalue weighted by molar-refractivity contribution is 0.0683. The van der Waals surface area contributed by atoms with Crippen molar-refractivity contribution in [1.29, 1.82) is 0 Å². The summed E-state index contributed by atoms with van der Waals surface area (Å²) in [5.74, 6) is -1.17. The predicted octanol–water partition coefficient (Wildman–Crippen LogP) is 4.05. The fraction of sp³-hybridized carbons (Fsp3) is 0.667. The molecule has 1 aliphatic carbocycles. The minimum absolute atomic E-state index is 0.0265. The molecule has 0 aromatic carbocycles. The third-order valence-electron chi connectivity index (χ3n) is 5.48. The van der Waals surface area contributed by atoms with Crippen molar-refractivity contribution in [1.82, 2.24) is 4.57 Å². The highest BCUT2D eigenvalue weighted by Gasteiger charge is 2.41. The minimum Gasteiger partial charge on any atom is -0.477 e. The third-order valence-corrected chi connectivity index (χ3v) is 9.99. The van der Waals surface area contributed by atoms with Crippen molar-refractivity contribution in [3.8, 4) is 0 Å². The number of nitrogens with zero attached hydrogens (tertiary/aromatic N) is 1. The van der Waals surface area contributed by atoms with Crippen molar-refractivity contribution < 1.29 is 14.3 Å². The molecular weight excluding hydrogens is 322 g/mol. The Morgan fingerprint density at radius 1 is 1.29 bits per heavy atom. The van der Waals surface area contributed by atoms with Gasteiger partial charge in [0.25, 0.3) is 5.56 Å². The van der Waals surface area contributed by atoms with Gasteiger partial charge in [-0.2, -0.15) is 0 Å². The van der Waals surface area contributed by atoms with Crippen LogP contribution in [-0.4, -0.2) is 30.1 Å². The summed E-state index contributed by atoms with van der Waals surface area (Å²) in [6, 6.07) is 2.93. The van der Waals surface area contributed by atoms with Crippen LogP contribution >= 0.6 is 0 Å². The predicted molar refractivity (Wildman–Crippen MR) is 97.2 cm³/mol. The van der Waals surface area contributed by atoms with Crippen LogP contribution in [-0.2, 0) is 4.43 Å². The summed E-state index contributed by atoms with van der Waals surface area (Å²) in [6.07, 6.45) is 5.56. The molecule has 24 heavy (non-hydrogen) atoms. The third kappa shape index (κ3) is 3.80. The lowest BCUT2D eigenvalue weighted by Gasteiger charge is -2.43. The molecule has 1 saturated carbocycles. The number of hydrogen-bond acceptors (Lipinski definition) is 3. The van der Waals surface area contributed by atoms with E-state index in [1.54, 1.807) is 16.8 Å². The number of aromatic nitrogens is 1. The van der Waals surface area contributed by atoms with Gasteiger partial charge >= 0.3 is 5.97 Å². The average Bonchev–Trinajstić information content (AvgIpc) is 2.46. The minimum atomic E-state index is -1.95. The number of hydrogen-bond donors (Lipinski definition) is 1. The number of aromatic carboxylic acids is 1. The van der Waals surface area contributed by atoms with Crippen LogP contribution in [0.15, 0.2) is 23.1 Å². The summed E-state index contributed by atoms with van der Waals surface area (Å²) in [5.41, 5.74) is -0.602. The molecule has 1 aliphatic rings. The van der Waals surface area contributed by atoms with E-state index in [0.717, 1.165) is 25.7 Å². The molecule has 0 aliphatic heterocycles. The summed E-state index contributed by atoms with van der Waals surface area (Å²) >= 11 is 0. The van der Waals surface area contributed by atoms with Gasteiger partial charge in [-0.05, 0) is 43.1 Å². The molecule has 1 aromatic rings. The Labute approximate surface area is 144 Å². The smallest absolute Gasteiger partial charge is 0.341 e. The van der Waals surface area contributed by atoms with Gasteiger partial charge in [0.15, 0.2) is 8.32 Å². The van der Waals surface area contributed by atoms with E-state index in [-0.39, 0.29) is 22.7 Å². The first kappa shape index (κ1) is 18.9. The second kappa shape index (κ2) is 6.84. The standard InChI is InChI=1S/C18H29NO4Si/c1-18(2,3)24(4,5)23-15-11-7-6-10-14(15)19-12-8-9-13(16(19)20)17(21)22/h8-9,12,14-15H,6-7,10-11H2,1-5H3,(H,21,22). The van der Waals surface area contributed by atoms with Gasteiger partial charge in [0.05, 0.1) is 12.1 Å². The molecule has 0 radical (unpaired) electrons. The molecular formula is C18H29NO4Si. The molecule has 2 atom stereocenters. The Hall–Kier alpha value is -1.40. The van der Waals surface area contributed by atoms with E-state index in [9.17, 15) is 14.7 Å². The summed E-state index contributed by atoms with van der Waals surface area (Å²) in [5, 5.41) is 9.31. The zero-order valence-electron chi connectivity index (χ0n) is 15.3. The van der Waals surface area contributed by atoms with Crippen molar-refractivity contribution in [3.63, 3.8) is 0 Å².